The van der Waals surface area contributed by atoms with Gasteiger partial charge in [0.1, 0.15) is 0 Å². The zero-order chi connectivity index (χ0) is 12.3. The van der Waals surface area contributed by atoms with E-state index in [1.165, 1.54) is 38.6 Å². The molecule has 0 radical (unpaired) electrons. The van der Waals surface area contributed by atoms with Crippen LogP contribution in [0.5, 0.6) is 0 Å². The third kappa shape index (κ3) is 3.21. The number of aliphatic carboxylic acids is 1. The zero-order valence-corrected chi connectivity index (χ0v) is 10.9. The number of rotatable bonds is 5. The first-order chi connectivity index (χ1) is 8.20. The minimum atomic E-state index is -0.643. The van der Waals surface area contributed by atoms with Gasteiger partial charge in [-0.25, -0.2) is 0 Å². The summed E-state index contributed by atoms with van der Waals surface area (Å²) in [6.45, 7) is 4.65. The van der Waals surface area contributed by atoms with Crippen LogP contribution in [-0.2, 0) is 4.79 Å². The lowest BCUT2D eigenvalue weighted by molar-refractivity contribution is -0.137. The minimum absolute atomic E-state index is 0.348. The van der Waals surface area contributed by atoms with Crippen molar-refractivity contribution in [2.75, 3.05) is 13.1 Å². The smallest absolute Gasteiger partial charge is 0.303 e. The molecule has 1 N–H and O–H groups in total. The van der Waals surface area contributed by atoms with Crippen molar-refractivity contribution in [2.45, 2.75) is 57.9 Å². The van der Waals surface area contributed by atoms with E-state index in [2.05, 4.69) is 11.8 Å². The van der Waals surface area contributed by atoms with E-state index in [9.17, 15) is 4.79 Å². The lowest BCUT2D eigenvalue weighted by atomic mass is 9.99. The van der Waals surface area contributed by atoms with E-state index in [1.54, 1.807) is 0 Å². The van der Waals surface area contributed by atoms with E-state index >= 15 is 0 Å². The first-order valence-corrected chi connectivity index (χ1v) is 7.16. The van der Waals surface area contributed by atoms with Crippen LogP contribution in [0.2, 0.25) is 0 Å². The molecule has 2 fully saturated rings. The second-order valence-corrected chi connectivity index (χ2v) is 5.75. The zero-order valence-electron chi connectivity index (χ0n) is 10.9. The van der Waals surface area contributed by atoms with Gasteiger partial charge in [0.05, 0.1) is 0 Å². The van der Waals surface area contributed by atoms with Crippen molar-refractivity contribution in [3.8, 4) is 0 Å². The van der Waals surface area contributed by atoms with Gasteiger partial charge >= 0.3 is 5.97 Å². The summed E-state index contributed by atoms with van der Waals surface area (Å²) in [5, 5.41) is 8.72. The highest BCUT2D eigenvalue weighted by Gasteiger charge is 2.34. The Kier molecular flexibility index (Phi) is 4.43. The first kappa shape index (κ1) is 12.9. The molecule has 1 saturated heterocycles. The number of likely N-dealkylation sites (tertiary alicyclic amines) is 1. The number of nitrogens with zero attached hydrogens (tertiary/aromatic N) is 1. The van der Waals surface area contributed by atoms with Gasteiger partial charge in [0.15, 0.2) is 0 Å². The van der Waals surface area contributed by atoms with Gasteiger partial charge in [-0.3, -0.25) is 9.69 Å². The Morgan fingerprint density at radius 2 is 2.18 bits per heavy atom. The van der Waals surface area contributed by atoms with E-state index in [4.69, 9.17) is 5.11 Å². The van der Waals surface area contributed by atoms with Crippen molar-refractivity contribution < 1.29 is 9.90 Å². The monoisotopic (exact) mass is 239 g/mol. The molecule has 0 aromatic heterocycles. The highest BCUT2D eigenvalue weighted by atomic mass is 16.4. The van der Waals surface area contributed by atoms with Crippen LogP contribution in [0.1, 0.15) is 51.9 Å². The van der Waals surface area contributed by atoms with E-state index in [1.807, 2.05) is 0 Å². The average Bonchev–Trinajstić information content (AvgIpc) is 2.94. The molecule has 0 amide bonds. The molecule has 1 aliphatic carbocycles. The summed E-state index contributed by atoms with van der Waals surface area (Å²) in [4.78, 5) is 13.2. The molecule has 1 saturated carbocycles. The van der Waals surface area contributed by atoms with Gasteiger partial charge < -0.3 is 5.11 Å². The quantitative estimate of drug-likeness (QED) is 0.802. The molecule has 0 aromatic carbocycles. The maximum Gasteiger partial charge on any atom is 0.303 e. The summed E-state index contributed by atoms with van der Waals surface area (Å²) in [7, 11) is 0. The fourth-order valence-electron chi connectivity index (χ4n) is 3.70. The topological polar surface area (TPSA) is 40.5 Å². The van der Waals surface area contributed by atoms with Crippen molar-refractivity contribution >= 4 is 5.97 Å². The van der Waals surface area contributed by atoms with Crippen LogP contribution in [0.4, 0.5) is 0 Å². The van der Waals surface area contributed by atoms with Crippen LogP contribution in [0, 0.1) is 11.8 Å². The van der Waals surface area contributed by atoms with Crippen molar-refractivity contribution in [1.82, 2.24) is 4.90 Å². The minimum Gasteiger partial charge on any atom is -0.481 e. The van der Waals surface area contributed by atoms with Crippen molar-refractivity contribution in [2.24, 2.45) is 11.8 Å². The third-order valence-electron chi connectivity index (χ3n) is 4.70. The lowest BCUT2D eigenvalue weighted by Crippen LogP contribution is -2.35. The summed E-state index contributed by atoms with van der Waals surface area (Å²) in [5.74, 6) is 0.883. The van der Waals surface area contributed by atoms with Crippen molar-refractivity contribution in [1.29, 1.82) is 0 Å². The molecule has 3 unspecified atom stereocenters. The van der Waals surface area contributed by atoms with E-state index in [0.717, 1.165) is 24.9 Å². The highest BCUT2D eigenvalue weighted by Crippen LogP contribution is 2.35. The molecule has 17 heavy (non-hydrogen) atoms. The van der Waals surface area contributed by atoms with Crippen LogP contribution >= 0.6 is 0 Å². The van der Waals surface area contributed by atoms with E-state index in [0.29, 0.717) is 12.3 Å². The number of carboxylic acid groups (broad SMARTS) is 1. The van der Waals surface area contributed by atoms with Gasteiger partial charge in [0, 0.05) is 19.0 Å². The fourth-order valence-corrected chi connectivity index (χ4v) is 3.70. The first-order valence-electron chi connectivity index (χ1n) is 7.16. The third-order valence-corrected chi connectivity index (χ3v) is 4.70. The molecular weight excluding hydrogens is 214 g/mol. The molecule has 0 bridgehead atoms. The van der Waals surface area contributed by atoms with Gasteiger partial charge in [-0.15, -0.1) is 0 Å². The lowest BCUT2D eigenvalue weighted by Gasteiger charge is -2.29. The Morgan fingerprint density at radius 1 is 1.35 bits per heavy atom. The Hall–Kier alpha value is -0.570. The normalized spacial score (nSPS) is 34.3. The summed E-state index contributed by atoms with van der Waals surface area (Å²) in [5.41, 5.74) is 0. The molecule has 3 nitrogen and oxygen atoms in total. The molecule has 98 valence electrons. The van der Waals surface area contributed by atoms with Crippen LogP contribution < -0.4 is 0 Å². The SMILES string of the molecule is CCC1CCCC1N1CCC(CCC(=O)O)C1. The second kappa shape index (κ2) is 5.85. The van der Waals surface area contributed by atoms with E-state index < -0.39 is 5.97 Å². The summed E-state index contributed by atoms with van der Waals surface area (Å²) in [6.07, 6.45) is 7.89. The predicted octanol–water partition coefficient (Wildman–Crippen LogP) is 2.75. The molecular formula is C14H25NO2. The van der Waals surface area contributed by atoms with Gasteiger partial charge in [0.25, 0.3) is 0 Å². The van der Waals surface area contributed by atoms with Crippen molar-refractivity contribution in [3.63, 3.8) is 0 Å². The van der Waals surface area contributed by atoms with Gasteiger partial charge in [-0.2, -0.15) is 0 Å². The molecule has 0 spiro atoms. The second-order valence-electron chi connectivity index (χ2n) is 5.75. The molecule has 2 rings (SSSR count). The largest absolute Gasteiger partial charge is 0.481 e. The standard InChI is InChI=1S/C14H25NO2/c1-2-12-4-3-5-13(12)15-9-8-11(10-15)6-7-14(16)17/h11-13H,2-10H2,1H3,(H,16,17). The average molecular weight is 239 g/mol. The van der Waals surface area contributed by atoms with Crippen LogP contribution in [-0.4, -0.2) is 35.1 Å². The summed E-state index contributed by atoms with van der Waals surface area (Å²) < 4.78 is 0. The molecule has 3 atom stereocenters. The van der Waals surface area contributed by atoms with Gasteiger partial charge in [0.2, 0.25) is 0 Å². The van der Waals surface area contributed by atoms with Crippen LogP contribution in [0.15, 0.2) is 0 Å². The number of carbonyl (C=O) groups is 1. The molecule has 1 aliphatic heterocycles. The predicted molar refractivity (Wildman–Crippen MR) is 68.0 cm³/mol. The Morgan fingerprint density at radius 3 is 2.88 bits per heavy atom. The summed E-state index contributed by atoms with van der Waals surface area (Å²) >= 11 is 0. The maximum absolute atomic E-state index is 10.6. The molecule has 0 aromatic rings. The molecule has 2 aliphatic rings. The fraction of sp³-hybridized carbons (Fsp3) is 0.929. The number of hydrogen-bond donors (Lipinski definition) is 1. The van der Waals surface area contributed by atoms with Crippen molar-refractivity contribution in [3.05, 3.63) is 0 Å². The van der Waals surface area contributed by atoms with Crippen LogP contribution in [0.3, 0.4) is 0 Å². The van der Waals surface area contributed by atoms with Gasteiger partial charge in [-0.05, 0) is 44.1 Å². The summed E-state index contributed by atoms with van der Waals surface area (Å²) in [6, 6.07) is 0.801. The van der Waals surface area contributed by atoms with E-state index in [-0.39, 0.29) is 0 Å². The Balaban J connectivity index is 1.79. The number of hydrogen-bond acceptors (Lipinski definition) is 2. The molecule has 1 heterocycles. The maximum atomic E-state index is 10.6. The molecule has 3 heteroatoms. The Labute approximate surface area is 104 Å². The van der Waals surface area contributed by atoms with Gasteiger partial charge in [-0.1, -0.05) is 19.8 Å². The van der Waals surface area contributed by atoms with Crippen LogP contribution in [0.25, 0.3) is 0 Å². The number of carboxylic acids is 1. The Bertz CT molecular complexity index is 267. The highest BCUT2D eigenvalue weighted by molar-refractivity contribution is 5.66.